The Labute approximate surface area is 131 Å². The van der Waals surface area contributed by atoms with Crippen LogP contribution >= 0.6 is 0 Å². The van der Waals surface area contributed by atoms with Crippen molar-refractivity contribution in [1.29, 1.82) is 0 Å². The summed E-state index contributed by atoms with van der Waals surface area (Å²) < 4.78 is 24.8. The Bertz CT molecular complexity index is 581. The van der Waals surface area contributed by atoms with Crippen LogP contribution in [0.5, 0.6) is 11.6 Å². The van der Waals surface area contributed by atoms with Gasteiger partial charge in [0, 0.05) is 26.8 Å². The second-order valence-electron chi connectivity index (χ2n) is 4.42. The largest absolute Gasteiger partial charge is 0.434 e. The second-order valence-corrected chi connectivity index (χ2v) is 4.42. The van der Waals surface area contributed by atoms with Gasteiger partial charge >= 0.3 is 0 Å². The third-order valence-corrected chi connectivity index (χ3v) is 3.02. The lowest BCUT2D eigenvalue weighted by Gasteiger charge is -2.24. The average molecular weight is 307 g/mol. The first-order valence-electron chi connectivity index (χ1n) is 7.40. The zero-order valence-corrected chi connectivity index (χ0v) is 12.8. The molecule has 3 rings (SSSR count). The summed E-state index contributed by atoms with van der Waals surface area (Å²) >= 11 is 0. The zero-order valence-electron chi connectivity index (χ0n) is 12.8. The maximum absolute atomic E-state index is 13.8. The van der Waals surface area contributed by atoms with E-state index in [4.69, 9.17) is 9.47 Å². The molecule has 1 atom stereocenters. The molecule has 0 spiro atoms. The number of nitrogens with one attached hydrogen (secondary N) is 1. The molecule has 1 aromatic heterocycles. The summed E-state index contributed by atoms with van der Waals surface area (Å²) in [5.41, 5.74) is 0.873. The average Bonchev–Trinajstić information content (AvgIpc) is 2.60. The summed E-state index contributed by atoms with van der Waals surface area (Å²) in [6, 6.07) is 8.02. The molecule has 0 saturated carbocycles. The van der Waals surface area contributed by atoms with Gasteiger partial charge in [-0.05, 0) is 23.8 Å². The van der Waals surface area contributed by atoms with Crippen molar-refractivity contribution in [3.63, 3.8) is 0 Å². The molecule has 1 N–H and O–H groups in total. The Morgan fingerprint density at radius 3 is 2.91 bits per heavy atom. The van der Waals surface area contributed by atoms with Gasteiger partial charge in [0.25, 0.3) is 0 Å². The number of aromatic nitrogens is 2. The fraction of sp³-hybridized carbons (Fsp3) is 0.375. The van der Waals surface area contributed by atoms with E-state index in [0.29, 0.717) is 13.2 Å². The number of morpholine rings is 1. The van der Waals surface area contributed by atoms with E-state index < -0.39 is 5.82 Å². The minimum absolute atomic E-state index is 0. The van der Waals surface area contributed by atoms with Crippen molar-refractivity contribution in [1.82, 2.24) is 15.5 Å². The summed E-state index contributed by atoms with van der Waals surface area (Å²) in [4.78, 5) is 0. The molecular weight excluding hydrogens is 285 g/mol. The Morgan fingerprint density at radius 2 is 2.23 bits per heavy atom. The standard InChI is InChI=1S/C14H14FN3O2.C2H6.H2/c15-11-4-3-10(13-9-16-6-7-19-13)8-12(11)20-14-2-1-5-17-18-14;1-2;/h1-5,8,13,16H,6-7,9H2;1-2H3;1H/t13-;;/m1../s1. The number of nitrogens with zero attached hydrogens (tertiary/aromatic N) is 2. The van der Waals surface area contributed by atoms with Crippen LogP contribution < -0.4 is 10.1 Å². The van der Waals surface area contributed by atoms with Gasteiger partial charge in [0.15, 0.2) is 11.6 Å². The van der Waals surface area contributed by atoms with Gasteiger partial charge in [0.1, 0.15) is 0 Å². The molecule has 0 bridgehead atoms. The minimum Gasteiger partial charge on any atom is -0.434 e. The monoisotopic (exact) mass is 307 g/mol. The van der Waals surface area contributed by atoms with Crippen LogP contribution in [-0.2, 0) is 4.74 Å². The first-order chi connectivity index (χ1) is 10.8. The van der Waals surface area contributed by atoms with Gasteiger partial charge in [-0.3, -0.25) is 0 Å². The molecule has 0 amide bonds. The fourth-order valence-corrected chi connectivity index (χ4v) is 2.03. The van der Waals surface area contributed by atoms with Crippen LogP contribution in [0.2, 0.25) is 0 Å². The van der Waals surface area contributed by atoms with Crippen molar-refractivity contribution >= 4 is 0 Å². The van der Waals surface area contributed by atoms with Crippen molar-refractivity contribution in [2.45, 2.75) is 20.0 Å². The first kappa shape index (κ1) is 16.3. The quantitative estimate of drug-likeness (QED) is 0.942. The van der Waals surface area contributed by atoms with Crippen LogP contribution in [0.15, 0.2) is 36.5 Å². The van der Waals surface area contributed by atoms with Crippen LogP contribution in [0.3, 0.4) is 0 Å². The molecule has 0 radical (unpaired) electrons. The molecule has 2 heterocycles. The zero-order chi connectivity index (χ0) is 15.8. The van der Waals surface area contributed by atoms with Crippen molar-refractivity contribution in [3.05, 3.63) is 47.9 Å². The molecule has 1 aliphatic rings. The van der Waals surface area contributed by atoms with Crippen molar-refractivity contribution in [2.75, 3.05) is 19.7 Å². The molecule has 1 saturated heterocycles. The van der Waals surface area contributed by atoms with E-state index in [2.05, 4.69) is 15.5 Å². The summed E-state index contributed by atoms with van der Waals surface area (Å²) in [5.74, 6) is -0.0633. The molecule has 2 aromatic rings. The maximum Gasteiger partial charge on any atom is 0.238 e. The number of rotatable bonds is 3. The van der Waals surface area contributed by atoms with Crippen LogP contribution in [-0.4, -0.2) is 29.9 Å². The summed E-state index contributed by atoms with van der Waals surface area (Å²) in [5, 5.41) is 10.7. The van der Waals surface area contributed by atoms with Gasteiger partial charge in [-0.2, -0.15) is 5.10 Å². The highest BCUT2D eigenvalue weighted by Crippen LogP contribution is 2.28. The fourth-order valence-electron chi connectivity index (χ4n) is 2.03. The van der Waals surface area contributed by atoms with Crippen LogP contribution in [0.25, 0.3) is 0 Å². The van der Waals surface area contributed by atoms with Gasteiger partial charge in [-0.25, -0.2) is 4.39 Å². The molecule has 0 unspecified atom stereocenters. The highest BCUT2D eigenvalue weighted by atomic mass is 19.1. The van der Waals surface area contributed by atoms with Gasteiger partial charge in [-0.1, -0.05) is 19.9 Å². The van der Waals surface area contributed by atoms with Crippen molar-refractivity contribution < 1.29 is 15.3 Å². The maximum atomic E-state index is 13.8. The van der Waals surface area contributed by atoms with E-state index in [-0.39, 0.29) is 19.2 Å². The molecule has 1 aliphatic heterocycles. The Kier molecular flexibility index (Phi) is 6.24. The third kappa shape index (κ3) is 4.22. The van der Waals surface area contributed by atoms with Gasteiger partial charge in [0.2, 0.25) is 5.88 Å². The van der Waals surface area contributed by atoms with E-state index in [1.165, 1.54) is 12.3 Å². The molecule has 120 valence electrons. The van der Waals surface area contributed by atoms with Crippen LogP contribution in [0.1, 0.15) is 26.9 Å². The van der Waals surface area contributed by atoms with Crippen LogP contribution in [0, 0.1) is 5.82 Å². The highest BCUT2D eigenvalue weighted by Gasteiger charge is 2.18. The lowest BCUT2D eigenvalue weighted by molar-refractivity contribution is 0.0275. The SMILES string of the molecule is CC.Fc1ccc([C@H]2CNCCO2)cc1Oc1cccnn1.[HH]. The summed E-state index contributed by atoms with van der Waals surface area (Å²) in [6.07, 6.45) is 1.44. The smallest absolute Gasteiger partial charge is 0.238 e. The van der Waals surface area contributed by atoms with Gasteiger partial charge in [0.05, 0.1) is 12.7 Å². The molecule has 1 aromatic carbocycles. The van der Waals surface area contributed by atoms with Crippen molar-refractivity contribution in [3.8, 4) is 11.6 Å². The molecule has 5 nitrogen and oxygen atoms in total. The number of ether oxygens (including phenoxy) is 2. The lowest BCUT2D eigenvalue weighted by Crippen LogP contribution is -2.33. The molecule has 0 aliphatic carbocycles. The topological polar surface area (TPSA) is 56.3 Å². The Balaban J connectivity index is 0.000000849. The minimum atomic E-state index is -0.442. The Hall–Kier alpha value is -2.05. The molecular formula is C16H22FN3O2. The second kappa shape index (κ2) is 8.41. The number of benzene rings is 1. The summed E-state index contributed by atoms with van der Waals surface area (Å²) in [7, 11) is 0. The lowest BCUT2D eigenvalue weighted by atomic mass is 10.1. The van der Waals surface area contributed by atoms with E-state index in [1.807, 2.05) is 13.8 Å². The number of hydrogen-bond acceptors (Lipinski definition) is 5. The van der Waals surface area contributed by atoms with Crippen molar-refractivity contribution in [2.24, 2.45) is 0 Å². The molecule has 22 heavy (non-hydrogen) atoms. The number of halogens is 1. The molecule has 6 heteroatoms. The number of hydrogen-bond donors (Lipinski definition) is 1. The summed E-state index contributed by atoms with van der Waals surface area (Å²) in [6.45, 7) is 6.18. The third-order valence-electron chi connectivity index (χ3n) is 3.02. The normalized spacial score (nSPS) is 17.3. The predicted octanol–water partition coefficient (Wildman–Crippen LogP) is 3.34. The first-order valence-corrected chi connectivity index (χ1v) is 7.40. The van der Waals surface area contributed by atoms with E-state index in [1.54, 1.807) is 24.3 Å². The van der Waals surface area contributed by atoms with E-state index in [9.17, 15) is 4.39 Å². The van der Waals surface area contributed by atoms with Gasteiger partial charge < -0.3 is 14.8 Å². The predicted molar refractivity (Wildman–Crippen MR) is 83.5 cm³/mol. The van der Waals surface area contributed by atoms with E-state index in [0.717, 1.165) is 12.1 Å². The van der Waals surface area contributed by atoms with Crippen LogP contribution in [0.4, 0.5) is 4.39 Å². The van der Waals surface area contributed by atoms with E-state index >= 15 is 0 Å². The molecule has 1 fully saturated rings. The van der Waals surface area contributed by atoms with Gasteiger partial charge in [-0.15, -0.1) is 5.10 Å². The Morgan fingerprint density at radius 1 is 1.36 bits per heavy atom. The highest BCUT2D eigenvalue weighted by molar-refractivity contribution is 5.34.